The lowest BCUT2D eigenvalue weighted by atomic mass is 9.81. The maximum Gasteiger partial charge on any atom is -0.00404 e. The van der Waals surface area contributed by atoms with E-state index in [0.717, 1.165) is 43.2 Å². The standard InChI is InChI=1S/C10H18N2/c11-4-3-9-7-1-2-8(5-7)10(9)6-12/h1-2,7-10H,3-6,11-12H2. The van der Waals surface area contributed by atoms with Crippen molar-refractivity contribution in [2.45, 2.75) is 12.8 Å². The van der Waals surface area contributed by atoms with E-state index in [1.54, 1.807) is 0 Å². The molecule has 0 aromatic rings. The molecule has 2 heteroatoms. The Hall–Kier alpha value is -0.340. The van der Waals surface area contributed by atoms with Crippen LogP contribution >= 0.6 is 0 Å². The monoisotopic (exact) mass is 166 g/mol. The molecule has 2 aliphatic rings. The Balaban J connectivity index is 2.07. The zero-order valence-electron chi connectivity index (χ0n) is 7.45. The second-order valence-corrected chi connectivity index (χ2v) is 4.09. The van der Waals surface area contributed by atoms with E-state index in [9.17, 15) is 0 Å². The van der Waals surface area contributed by atoms with Gasteiger partial charge in [-0.3, -0.25) is 0 Å². The summed E-state index contributed by atoms with van der Waals surface area (Å²) in [6.45, 7) is 1.66. The van der Waals surface area contributed by atoms with E-state index in [2.05, 4.69) is 12.2 Å². The van der Waals surface area contributed by atoms with Crippen molar-refractivity contribution in [1.29, 1.82) is 0 Å². The minimum Gasteiger partial charge on any atom is -0.330 e. The highest BCUT2D eigenvalue weighted by atomic mass is 14.6. The van der Waals surface area contributed by atoms with Crippen LogP contribution in [0, 0.1) is 23.7 Å². The molecule has 4 N–H and O–H groups in total. The zero-order valence-corrected chi connectivity index (χ0v) is 7.45. The lowest BCUT2D eigenvalue weighted by Crippen LogP contribution is -2.28. The quantitative estimate of drug-likeness (QED) is 0.607. The number of hydrogen-bond acceptors (Lipinski definition) is 2. The Bertz CT molecular complexity index is 188. The van der Waals surface area contributed by atoms with Crippen LogP contribution in [-0.4, -0.2) is 13.1 Å². The summed E-state index contributed by atoms with van der Waals surface area (Å²) in [5.74, 6) is 3.09. The largest absolute Gasteiger partial charge is 0.330 e. The molecule has 0 radical (unpaired) electrons. The molecule has 0 aliphatic heterocycles. The van der Waals surface area contributed by atoms with Crippen LogP contribution in [0.2, 0.25) is 0 Å². The Kier molecular flexibility index (Phi) is 2.20. The molecular weight excluding hydrogens is 148 g/mol. The second-order valence-electron chi connectivity index (χ2n) is 4.09. The fourth-order valence-electron chi connectivity index (χ4n) is 3.00. The summed E-state index contributed by atoms with van der Waals surface area (Å²) in [7, 11) is 0. The minimum absolute atomic E-state index is 0.726. The summed E-state index contributed by atoms with van der Waals surface area (Å²) in [5.41, 5.74) is 11.4. The maximum atomic E-state index is 5.77. The molecule has 0 saturated heterocycles. The molecule has 4 unspecified atom stereocenters. The Morgan fingerprint density at radius 1 is 1.08 bits per heavy atom. The van der Waals surface area contributed by atoms with Crippen molar-refractivity contribution in [2.75, 3.05) is 13.1 Å². The Labute approximate surface area is 74.0 Å². The van der Waals surface area contributed by atoms with Gasteiger partial charge in [-0.05, 0) is 49.6 Å². The summed E-state index contributed by atoms with van der Waals surface area (Å²) in [4.78, 5) is 0. The molecule has 0 amide bonds. The van der Waals surface area contributed by atoms with Gasteiger partial charge in [-0.1, -0.05) is 12.2 Å². The van der Waals surface area contributed by atoms with Crippen molar-refractivity contribution in [3.05, 3.63) is 12.2 Å². The van der Waals surface area contributed by atoms with Gasteiger partial charge in [0.1, 0.15) is 0 Å². The zero-order chi connectivity index (χ0) is 8.55. The molecule has 2 rings (SSSR count). The van der Waals surface area contributed by atoms with E-state index in [4.69, 9.17) is 11.5 Å². The van der Waals surface area contributed by atoms with Gasteiger partial charge in [0.15, 0.2) is 0 Å². The molecule has 68 valence electrons. The van der Waals surface area contributed by atoms with Crippen molar-refractivity contribution in [3.63, 3.8) is 0 Å². The van der Waals surface area contributed by atoms with Crippen molar-refractivity contribution < 1.29 is 0 Å². The fourth-order valence-corrected chi connectivity index (χ4v) is 3.00. The van der Waals surface area contributed by atoms with Gasteiger partial charge in [-0.2, -0.15) is 0 Å². The van der Waals surface area contributed by atoms with Gasteiger partial charge < -0.3 is 11.5 Å². The van der Waals surface area contributed by atoms with Crippen molar-refractivity contribution in [3.8, 4) is 0 Å². The molecule has 0 spiro atoms. The van der Waals surface area contributed by atoms with Gasteiger partial charge >= 0.3 is 0 Å². The van der Waals surface area contributed by atoms with Gasteiger partial charge in [0.25, 0.3) is 0 Å². The van der Waals surface area contributed by atoms with E-state index >= 15 is 0 Å². The molecular formula is C10H18N2. The summed E-state index contributed by atoms with van der Waals surface area (Å²) >= 11 is 0. The van der Waals surface area contributed by atoms with Crippen LogP contribution < -0.4 is 11.5 Å². The summed E-state index contributed by atoms with van der Waals surface area (Å²) in [6.07, 6.45) is 7.23. The van der Waals surface area contributed by atoms with Gasteiger partial charge in [0.05, 0.1) is 0 Å². The predicted octanol–water partition coefficient (Wildman–Crippen LogP) is 0.732. The molecule has 2 nitrogen and oxygen atoms in total. The van der Waals surface area contributed by atoms with E-state index in [0.29, 0.717) is 0 Å². The van der Waals surface area contributed by atoms with Gasteiger partial charge in [-0.25, -0.2) is 0 Å². The first-order valence-electron chi connectivity index (χ1n) is 4.95. The second kappa shape index (κ2) is 3.19. The first-order valence-corrected chi connectivity index (χ1v) is 4.95. The van der Waals surface area contributed by atoms with E-state index in [1.807, 2.05) is 0 Å². The van der Waals surface area contributed by atoms with Crippen LogP contribution in [0.1, 0.15) is 12.8 Å². The van der Waals surface area contributed by atoms with Crippen molar-refractivity contribution >= 4 is 0 Å². The highest BCUT2D eigenvalue weighted by Gasteiger charge is 2.42. The lowest BCUT2D eigenvalue weighted by molar-refractivity contribution is 0.302. The fraction of sp³-hybridized carbons (Fsp3) is 0.800. The van der Waals surface area contributed by atoms with Crippen molar-refractivity contribution in [1.82, 2.24) is 0 Å². The predicted molar refractivity (Wildman–Crippen MR) is 50.4 cm³/mol. The molecule has 12 heavy (non-hydrogen) atoms. The third-order valence-electron chi connectivity index (χ3n) is 3.57. The number of fused-ring (bicyclic) bond motifs is 2. The van der Waals surface area contributed by atoms with Crippen LogP contribution in [0.3, 0.4) is 0 Å². The molecule has 4 atom stereocenters. The van der Waals surface area contributed by atoms with E-state index in [-0.39, 0.29) is 0 Å². The Morgan fingerprint density at radius 3 is 2.33 bits per heavy atom. The van der Waals surface area contributed by atoms with E-state index in [1.165, 1.54) is 6.42 Å². The topological polar surface area (TPSA) is 52.0 Å². The smallest absolute Gasteiger partial charge is 0.00404 e. The van der Waals surface area contributed by atoms with Gasteiger partial charge in [0, 0.05) is 0 Å². The average Bonchev–Trinajstić information content (AvgIpc) is 2.64. The number of nitrogens with two attached hydrogens (primary N) is 2. The first kappa shape index (κ1) is 8.27. The minimum atomic E-state index is 0.726. The molecule has 2 bridgehead atoms. The van der Waals surface area contributed by atoms with Crippen LogP contribution in [0.5, 0.6) is 0 Å². The normalized spacial score (nSPS) is 44.2. The first-order chi connectivity index (χ1) is 5.86. The van der Waals surface area contributed by atoms with Gasteiger partial charge in [-0.15, -0.1) is 0 Å². The molecule has 0 aromatic heterocycles. The molecule has 1 fully saturated rings. The van der Waals surface area contributed by atoms with Gasteiger partial charge in [0.2, 0.25) is 0 Å². The number of allylic oxidation sites excluding steroid dienone is 2. The third-order valence-corrected chi connectivity index (χ3v) is 3.57. The average molecular weight is 166 g/mol. The van der Waals surface area contributed by atoms with Crippen molar-refractivity contribution in [2.24, 2.45) is 35.1 Å². The molecule has 0 heterocycles. The summed E-state index contributed by atoms with van der Waals surface area (Å²) < 4.78 is 0. The van der Waals surface area contributed by atoms with Crippen LogP contribution in [0.25, 0.3) is 0 Å². The third kappa shape index (κ3) is 1.10. The molecule has 2 aliphatic carbocycles. The summed E-state index contributed by atoms with van der Waals surface area (Å²) in [6, 6.07) is 0. The van der Waals surface area contributed by atoms with E-state index < -0.39 is 0 Å². The van der Waals surface area contributed by atoms with Crippen LogP contribution in [-0.2, 0) is 0 Å². The van der Waals surface area contributed by atoms with Crippen LogP contribution in [0.4, 0.5) is 0 Å². The number of hydrogen-bond donors (Lipinski definition) is 2. The SMILES string of the molecule is NCCC1C2C=CC(C2)C1CN. The number of rotatable bonds is 3. The highest BCUT2D eigenvalue weighted by molar-refractivity contribution is 5.13. The Morgan fingerprint density at radius 2 is 1.75 bits per heavy atom. The molecule has 1 saturated carbocycles. The lowest BCUT2D eigenvalue weighted by Gasteiger charge is -2.26. The molecule has 0 aromatic carbocycles. The summed E-state index contributed by atoms with van der Waals surface area (Å²) in [5, 5.41) is 0. The van der Waals surface area contributed by atoms with Crippen LogP contribution in [0.15, 0.2) is 12.2 Å². The maximum absolute atomic E-state index is 5.77. The highest BCUT2D eigenvalue weighted by Crippen LogP contribution is 2.48.